The number of amides is 1. The molecule has 3 rings (SSSR count). The van der Waals surface area contributed by atoms with Crippen molar-refractivity contribution in [2.75, 3.05) is 0 Å². The van der Waals surface area contributed by atoms with Crippen LogP contribution in [0.1, 0.15) is 34.4 Å². The fourth-order valence-electron chi connectivity index (χ4n) is 2.27. The number of aryl methyl sites for hydroxylation is 2. The number of hydrogen-bond acceptors (Lipinski definition) is 6. The van der Waals surface area contributed by atoms with Gasteiger partial charge in [0.05, 0.1) is 17.0 Å². The molecule has 0 bridgehead atoms. The first-order valence-corrected chi connectivity index (χ1v) is 7.30. The van der Waals surface area contributed by atoms with E-state index in [2.05, 4.69) is 26.1 Å². The molecule has 1 aromatic carbocycles. The van der Waals surface area contributed by atoms with Gasteiger partial charge in [-0.05, 0) is 55.0 Å². The minimum Gasteiger partial charge on any atom is -0.466 e. The van der Waals surface area contributed by atoms with Crippen LogP contribution in [-0.2, 0) is 0 Å². The van der Waals surface area contributed by atoms with Crippen molar-refractivity contribution >= 4 is 11.6 Å². The van der Waals surface area contributed by atoms with Crippen molar-refractivity contribution in [3.8, 4) is 5.69 Å². The molecule has 8 heteroatoms. The lowest BCUT2D eigenvalue weighted by molar-refractivity contribution is 0.0953. The Morgan fingerprint density at radius 2 is 2.12 bits per heavy atom. The van der Waals surface area contributed by atoms with Crippen molar-refractivity contribution in [1.82, 2.24) is 25.6 Å². The molecule has 0 saturated heterocycles. The summed E-state index contributed by atoms with van der Waals surface area (Å²) >= 11 is 0. The number of furan rings is 1. The number of rotatable bonds is 4. The Balaban J connectivity index is 1.78. The Morgan fingerprint density at radius 3 is 2.79 bits per heavy atom. The van der Waals surface area contributed by atoms with E-state index in [1.54, 1.807) is 24.6 Å². The molecule has 0 aliphatic heterocycles. The zero-order chi connectivity index (χ0) is 17.1. The molecule has 3 aromatic rings. The Morgan fingerprint density at radius 1 is 1.29 bits per heavy atom. The molecule has 8 nitrogen and oxygen atoms in total. The zero-order valence-corrected chi connectivity index (χ0v) is 13.5. The monoisotopic (exact) mass is 324 g/mol. The summed E-state index contributed by atoms with van der Waals surface area (Å²) in [7, 11) is 0. The van der Waals surface area contributed by atoms with Gasteiger partial charge in [-0.25, -0.2) is 10.1 Å². The molecule has 1 N–H and O–H groups in total. The third-order valence-corrected chi connectivity index (χ3v) is 3.49. The van der Waals surface area contributed by atoms with Crippen LogP contribution in [0.15, 0.2) is 46.2 Å². The number of nitrogens with zero attached hydrogens (tertiary/aromatic N) is 5. The highest BCUT2D eigenvalue weighted by molar-refractivity contribution is 6.01. The van der Waals surface area contributed by atoms with Gasteiger partial charge in [-0.1, -0.05) is 12.1 Å². The molecule has 122 valence electrons. The molecule has 2 heterocycles. The van der Waals surface area contributed by atoms with E-state index in [-0.39, 0.29) is 5.91 Å². The third-order valence-electron chi connectivity index (χ3n) is 3.49. The summed E-state index contributed by atoms with van der Waals surface area (Å²) < 4.78 is 6.90. The number of aromatic nitrogens is 4. The lowest BCUT2D eigenvalue weighted by Gasteiger charge is -2.05. The van der Waals surface area contributed by atoms with Crippen LogP contribution in [0.3, 0.4) is 0 Å². The van der Waals surface area contributed by atoms with Crippen LogP contribution in [0.2, 0.25) is 0 Å². The summed E-state index contributed by atoms with van der Waals surface area (Å²) in [6, 6.07) is 9.22. The van der Waals surface area contributed by atoms with Crippen LogP contribution in [0.4, 0.5) is 0 Å². The first-order valence-electron chi connectivity index (χ1n) is 7.30. The Bertz CT molecular complexity index is 895. The normalized spacial score (nSPS) is 11.5. The minimum absolute atomic E-state index is 0.305. The molecule has 2 aromatic heterocycles. The van der Waals surface area contributed by atoms with E-state index in [0.717, 1.165) is 11.3 Å². The number of carbonyl (C=O) groups is 1. The summed E-state index contributed by atoms with van der Waals surface area (Å²) in [6.07, 6.45) is 1.51. The number of hydrazone groups is 1. The Hall–Kier alpha value is -3.29. The average Bonchev–Trinajstić information content (AvgIpc) is 3.22. The van der Waals surface area contributed by atoms with Gasteiger partial charge in [-0.3, -0.25) is 4.79 Å². The van der Waals surface area contributed by atoms with Gasteiger partial charge >= 0.3 is 0 Å². The molecule has 0 aliphatic carbocycles. The maximum atomic E-state index is 12.2. The number of carbonyl (C=O) groups excluding carboxylic acids is 1. The first-order chi connectivity index (χ1) is 11.5. The van der Waals surface area contributed by atoms with Crippen LogP contribution in [0.5, 0.6) is 0 Å². The number of nitrogens with one attached hydrogen (secondary N) is 1. The van der Waals surface area contributed by atoms with Crippen molar-refractivity contribution in [2.45, 2.75) is 20.8 Å². The predicted octanol–water partition coefficient (Wildman–Crippen LogP) is 2.03. The summed E-state index contributed by atoms with van der Waals surface area (Å²) in [6.45, 7) is 5.35. The Labute approximate surface area is 138 Å². The molecule has 0 spiro atoms. The average molecular weight is 324 g/mol. The largest absolute Gasteiger partial charge is 0.466 e. The minimum atomic E-state index is -0.305. The third kappa shape index (κ3) is 3.22. The molecule has 0 saturated carbocycles. The van der Waals surface area contributed by atoms with Gasteiger partial charge in [0.1, 0.15) is 17.8 Å². The van der Waals surface area contributed by atoms with Gasteiger partial charge in [0.15, 0.2) is 0 Å². The smallest absolute Gasteiger partial charge is 0.274 e. The van der Waals surface area contributed by atoms with Gasteiger partial charge in [-0.15, -0.1) is 5.10 Å². The lowest BCUT2D eigenvalue weighted by Crippen LogP contribution is -2.19. The van der Waals surface area contributed by atoms with E-state index in [4.69, 9.17) is 4.42 Å². The summed E-state index contributed by atoms with van der Waals surface area (Å²) in [5.74, 6) is 0.950. The van der Waals surface area contributed by atoms with Gasteiger partial charge in [0, 0.05) is 0 Å². The van der Waals surface area contributed by atoms with Gasteiger partial charge in [0.2, 0.25) is 0 Å². The second-order valence-electron chi connectivity index (χ2n) is 5.27. The highest BCUT2D eigenvalue weighted by Crippen LogP contribution is 2.13. The van der Waals surface area contributed by atoms with Crippen LogP contribution >= 0.6 is 0 Å². The molecular weight excluding hydrogens is 308 g/mol. The maximum Gasteiger partial charge on any atom is 0.274 e. The lowest BCUT2D eigenvalue weighted by atomic mass is 10.1. The van der Waals surface area contributed by atoms with E-state index in [1.807, 2.05) is 31.2 Å². The summed E-state index contributed by atoms with van der Waals surface area (Å²) in [4.78, 5) is 12.2. The summed E-state index contributed by atoms with van der Waals surface area (Å²) in [5.41, 5.74) is 5.34. The molecule has 0 fully saturated rings. The van der Waals surface area contributed by atoms with Crippen molar-refractivity contribution in [3.63, 3.8) is 0 Å². The van der Waals surface area contributed by atoms with Crippen LogP contribution in [-0.4, -0.2) is 31.8 Å². The first kappa shape index (κ1) is 15.6. The number of tetrazole rings is 1. The molecule has 24 heavy (non-hydrogen) atoms. The van der Waals surface area contributed by atoms with Gasteiger partial charge in [-0.2, -0.15) is 5.10 Å². The topological polar surface area (TPSA) is 98.2 Å². The van der Waals surface area contributed by atoms with E-state index in [0.29, 0.717) is 22.8 Å². The molecular formula is C16H16N6O2. The Kier molecular flexibility index (Phi) is 4.19. The highest BCUT2D eigenvalue weighted by atomic mass is 16.3. The van der Waals surface area contributed by atoms with Gasteiger partial charge in [0.25, 0.3) is 5.91 Å². The number of benzene rings is 1. The van der Waals surface area contributed by atoms with E-state index >= 15 is 0 Å². The van der Waals surface area contributed by atoms with Crippen LogP contribution in [0.25, 0.3) is 5.69 Å². The predicted molar refractivity (Wildman–Crippen MR) is 87.0 cm³/mol. The van der Waals surface area contributed by atoms with E-state index in [9.17, 15) is 4.79 Å². The van der Waals surface area contributed by atoms with Crippen molar-refractivity contribution in [1.29, 1.82) is 0 Å². The van der Waals surface area contributed by atoms with E-state index < -0.39 is 0 Å². The van der Waals surface area contributed by atoms with E-state index in [1.165, 1.54) is 6.33 Å². The fraction of sp³-hybridized carbons (Fsp3) is 0.188. The molecule has 0 aliphatic rings. The van der Waals surface area contributed by atoms with Crippen molar-refractivity contribution < 1.29 is 9.21 Å². The fourth-order valence-corrected chi connectivity index (χ4v) is 2.27. The maximum absolute atomic E-state index is 12.2. The molecule has 1 amide bonds. The molecule has 0 unspecified atom stereocenters. The quantitative estimate of drug-likeness (QED) is 0.585. The second kappa shape index (κ2) is 6.45. The standard InChI is InChI=1S/C16H16N6O2/c1-10-7-15(12(3)24-10)16(23)19-18-11(2)13-5-4-6-14(8-13)22-9-17-20-21-22/h4-9H,1-3H3,(H,19,23)/b18-11-. The highest BCUT2D eigenvalue weighted by Gasteiger charge is 2.13. The van der Waals surface area contributed by atoms with Crippen LogP contribution in [0, 0.1) is 13.8 Å². The molecule has 0 radical (unpaired) electrons. The number of hydrogen-bond donors (Lipinski definition) is 1. The van der Waals surface area contributed by atoms with Crippen LogP contribution < -0.4 is 5.43 Å². The van der Waals surface area contributed by atoms with Gasteiger partial charge < -0.3 is 4.42 Å². The molecule has 0 atom stereocenters. The summed E-state index contributed by atoms with van der Waals surface area (Å²) in [5, 5.41) is 15.2. The van der Waals surface area contributed by atoms with Crippen molar-refractivity contribution in [2.24, 2.45) is 5.10 Å². The SMILES string of the molecule is C/C(=N/NC(=O)c1cc(C)oc1C)c1cccc(-n2cnnn2)c1. The van der Waals surface area contributed by atoms with Crippen molar-refractivity contribution in [3.05, 3.63) is 59.3 Å². The zero-order valence-electron chi connectivity index (χ0n) is 13.5. The second-order valence-corrected chi connectivity index (χ2v) is 5.27.